The maximum Gasteiger partial charge on any atom is 0.226 e. The van der Waals surface area contributed by atoms with Crippen molar-refractivity contribution in [2.45, 2.75) is 58.9 Å². The van der Waals surface area contributed by atoms with E-state index in [1.165, 1.54) is 16.9 Å². The quantitative estimate of drug-likeness (QED) is 0.520. The van der Waals surface area contributed by atoms with E-state index < -0.39 is 0 Å². The number of amides is 1. The fourth-order valence-corrected chi connectivity index (χ4v) is 4.65. The van der Waals surface area contributed by atoms with E-state index in [9.17, 15) is 4.79 Å². The molecule has 1 aromatic carbocycles. The Kier molecular flexibility index (Phi) is 8.94. The molecule has 1 unspecified atom stereocenters. The molecule has 2 aliphatic heterocycles. The molecule has 1 spiro atoms. The molecule has 2 heterocycles. The topological polar surface area (TPSA) is 35.6 Å². The number of piperidine rings is 1. The number of nitrogens with zero attached hydrogens (tertiary/aromatic N) is 2. The maximum atomic E-state index is 12.8. The number of carbonyl (C=O) groups is 1. The van der Waals surface area contributed by atoms with Crippen molar-refractivity contribution in [2.24, 2.45) is 5.92 Å². The van der Waals surface area contributed by atoms with Crippen molar-refractivity contribution < 1.29 is 4.79 Å². The third kappa shape index (κ3) is 5.53. The highest BCUT2D eigenvalue weighted by Gasteiger charge is 2.43. The first-order chi connectivity index (χ1) is 15.3. The smallest absolute Gasteiger partial charge is 0.226 e. The first-order valence-corrected chi connectivity index (χ1v) is 11.8. The van der Waals surface area contributed by atoms with E-state index in [2.05, 4.69) is 75.1 Å². The van der Waals surface area contributed by atoms with Gasteiger partial charge in [-0.1, -0.05) is 57.7 Å². The summed E-state index contributed by atoms with van der Waals surface area (Å²) in [6, 6.07) is 6.51. The van der Waals surface area contributed by atoms with E-state index in [0.717, 1.165) is 43.6 Å². The van der Waals surface area contributed by atoms with Crippen LogP contribution in [0.15, 0.2) is 67.4 Å². The van der Waals surface area contributed by atoms with E-state index >= 15 is 0 Å². The van der Waals surface area contributed by atoms with Crippen LogP contribution in [0.1, 0.15) is 52.0 Å². The number of anilines is 2. The Bertz CT molecular complexity index is 875. The molecule has 1 atom stereocenters. The van der Waals surface area contributed by atoms with Crippen LogP contribution in [0.25, 0.3) is 0 Å². The van der Waals surface area contributed by atoms with Crippen molar-refractivity contribution in [3.63, 3.8) is 0 Å². The highest BCUT2D eigenvalue weighted by molar-refractivity contribution is 5.80. The van der Waals surface area contributed by atoms with Crippen LogP contribution in [0.5, 0.6) is 0 Å². The van der Waals surface area contributed by atoms with Gasteiger partial charge in [0.25, 0.3) is 0 Å². The molecule has 174 valence electrons. The summed E-state index contributed by atoms with van der Waals surface area (Å²) in [5.41, 5.74) is 5.58. The highest BCUT2D eigenvalue weighted by Crippen LogP contribution is 2.44. The zero-order valence-corrected chi connectivity index (χ0v) is 20.7. The molecule has 0 aromatic heterocycles. The largest absolute Gasteiger partial charge is 0.372 e. The molecular weight excluding hydrogens is 394 g/mol. The van der Waals surface area contributed by atoms with Gasteiger partial charge >= 0.3 is 0 Å². The Morgan fingerprint density at radius 2 is 1.91 bits per heavy atom. The standard InChI is InChI=1S/C26H35N3O.C2H6/c1-7-9-24-26(27-22-17-20(4)10-11-23(22)28(24)6)12-14-29(15-13-26)25(30)18-21(5)16-19(3)8-2;1-2/h7-11,17,19,27H,1-2,5,12-16,18H2,3-4,6H3;1-2H3/b24-9-;. The maximum absolute atomic E-state index is 12.8. The predicted molar refractivity (Wildman–Crippen MR) is 139 cm³/mol. The van der Waals surface area contributed by atoms with Crippen LogP contribution in [0.3, 0.4) is 0 Å². The molecule has 1 N–H and O–H groups in total. The Morgan fingerprint density at radius 3 is 2.50 bits per heavy atom. The van der Waals surface area contributed by atoms with Crippen molar-refractivity contribution >= 4 is 17.3 Å². The second-order valence-electron chi connectivity index (χ2n) is 8.80. The molecule has 2 aliphatic rings. The zero-order valence-electron chi connectivity index (χ0n) is 20.7. The first-order valence-electron chi connectivity index (χ1n) is 11.8. The molecule has 3 rings (SSSR count). The van der Waals surface area contributed by atoms with Gasteiger partial charge in [-0.3, -0.25) is 4.79 Å². The molecule has 0 radical (unpaired) electrons. The highest BCUT2D eigenvalue weighted by atomic mass is 16.2. The van der Waals surface area contributed by atoms with Gasteiger partial charge in [-0.25, -0.2) is 0 Å². The number of nitrogens with one attached hydrogen (secondary N) is 1. The molecule has 4 nitrogen and oxygen atoms in total. The van der Waals surface area contributed by atoms with E-state index in [0.29, 0.717) is 12.3 Å². The van der Waals surface area contributed by atoms with Crippen LogP contribution in [0.2, 0.25) is 0 Å². The summed E-state index contributed by atoms with van der Waals surface area (Å²) in [5.74, 6) is 0.535. The number of carbonyl (C=O) groups excluding carboxylic acids is 1. The van der Waals surface area contributed by atoms with Gasteiger partial charge in [-0.05, 0) is 55.9 Å². The average molecular weight is 436 g/mol. The van der Waals surface area contributed by atoms with Gasteiger partial charge in [0.15, 0.2) is 0 Å². The van der Waals surface area contributed by atoms with E-state index in [-0.39, 0.29) is 11.4 Å². The second kappa shape index (κ2) is 11.2. The van der Waals surface area contributed by atoms with E-state index in [1.807, 2.05) is 30.9 Å². The normalized spacial score (nSPS) is 18.7. The summed E-state index contributed by atoms with van der Waals surface area (Å²) in [6.07, 6.45) is 8.86. The number of rotatable bonds is 6. The second-order valence-corrected chi connectivity index (χ2v) is 8.80. The van der Waals surface area contributed by atoms with Gasteiger partial charge in [-0.15, -0.1) is 6.58 Å². The van der Waals surface area contributed by atoms with Crippen LogP contribution in [-0.4, -0.2) is 36.5 Å². The lowest BCUT2D eigenvalue weighted by Crippen LogP contribution is -2.56. The van der Waals surface area contributed by atoms with Crippen molar-refractivity contribution in [3.05, 3.63) is 73.0 Å². The molecule has 1 amide bonds. The number of hydrogen-bond acceptors (Lipinski definition) is 3. The van der Waals surface area contributed by atoms with E-state index in [4.69, 9.17) is 0 Å². The summed E-state index contributed by atoms with van der Waals surface area (Å²) in [5, 5.41) is 3.83. The lowest BCUT2D eigenvalue weighted by atomic mass is 9.80. The fourth-order valence-electron chi connectivity index (χ4n) is 4.65. The van der Waals surface area contributed by atoms with Gasteiger partial charge in [0.05, 0.1) is 16.9 Å². The van der Waals surface area contributed by atoms with Gasteiger partial charge in [-0.2, -0.15) is 0 Å². The van der Waals surface area contributed by atoms with Crippen LogP contribution in [0.4, 0.5) is 11.4 Å². The number of likely N-dealkylation sites (N-methyl/N-ethyl adjacent to an activating group) is 1. The molecule has 0 bridgehead atoms. The summed E-state index contributed by atoms with van der Waals surface area (Å²) < 4.78 is 0. The minimum atomic E-state index is -0.186. The molecule has 4 heteroatoms. The van der Waals surface area contributed by atoms with E-state index in [1.54, 1.807) is 0 Å². The Hall–Kier alpha value is -2.75. The molecule has 1 saturated heterocycles. The number of allylic oxidation sites excluding steroid dienone is 3. The average Bonchev–Trinajstić information content (AvgIpc) is 2.78. The summed E-state index contributed by atoms with van der Waals surface area (Å²) in [6.45, 7) is 21.5. The SMILES string of the molecule is C=C/C=C1\N(C)c2ccc(C)cc2NC12CCN(C(=O)CC(=C)CC(C)C=C)CC2.CC. The minimum absolute atomic E-state index is 0.181. The first kappa shape index (κ1) is 25.5. The molecule has 32 heavy (non-hydrogen) atoms. The van der Waals surface area contributed by atoms with Crippen molar-refractivity contribution in [1.82, 2.24) is 4.90 Å². The molecule has 0 aliphatic carbocycles. The lowest BCUT2D eigenvalue weighted by Gasteiger charge is -2.50. The summed E-state index contributed by atoms with van der Waals surface area (Å²) in [7, 11) is 2.12. The van der Waals surface area contributed by atoms with Crippen LogP contribution < -0.4 is 10.2 Å². The van der Waals surface area contributed by atoms with Crippen molar-refractivity contribution in [3.8, 4) is 0 Å². The molecule has 1 fully saturated rings. The third-order valence-corrected chi connectivity index (χ3v) is 6.40. The molecule has 1 aromatic rings. The lowest BCUT2D eigenvalue weighted by molar-refractivity contribution is -0.131. The number of fused-ring (bicyclic) bond motifs is 1. The van der Waals surface area contributed by atoms with Gasteiger partial charge in [0.2, 0.25) is 5.91 Å². The number of aryl methyl sites for hydroxylation is 1. The minimum Gasteiger partial charge on any atom is -0.372 e. The van der Waals surface area contributed by atoms with Crippen molar-refractivity contribution in [2.75, 3.05) is 30.4 Å². The van der Waals surface area contributed by atoms with Crippen molar-refractivity contribution in [1.29, 1.82) is 0 Å². The summed E-state index contributed by atoms with van der Waals surface area (Å²) >= 11 is 0. The summed E-state index contributed by atoms with van der Waals surface area (Å²) in [4.78, 5) is 17.1. The van der Waals surface area contributed by atoms with Gasteiger partial charge in [0, 0.05) is 32.3 Å². The van der Waals surface area contributed by atoms with Crippen LogP contribution in [0, 0.1) is 12.8 Å². The third-order valence-electron chi connectivity index (χ3n) is 6.40. The Labute approximate surface area is 195 Å². The fraction of sp³-hybridized carbons (Fsp3) is 0.464. The monoisotopic (exact) mass is 435 g/mol. The Morgan fingerprint density at radius 1 is 1.25 bits per heavy atom. The van der Waals surface area contributed by atoms with Crippen LogP contribution in [-0.2, 0) is 4.79 Å². The zero-order chi connectivity index (χ0) is 23.9. The van der Waals surface area contributed by atoms with Crippen LogP contribution >= 0.6 is 0 Å². The molecule has 0 saturated carbocycles. The number of benzene rings is 1. The Balaban J connectivity index is 0.00000176. The number of hydrogen-bond donors (Lipinski definition) is 1. The van der Waals surface area contributed by atoms with Gasteiger partial charge in [0.1, 0.15) is 0 Å². The molecular formula is C28H41N3O. The van der Waals surface area contributed by atoms with Gasteiger partial charge < -0.3 is 15.1 Å². The number of likely N-dealkylation sites (tertiary alicyclic amines) is 1. The predicted octanol–water partition coefficient (Wildman–Crippen LogP) is 6.47.